The third-order valence-electron chi connectivity index (χ3n) is 4.69. The molecule has 0 saturated heterocycles. The van der Waals surface area contributed by atoms with Gasteiger partial charge in [0.25, 0.3) is 11.5 Å². The van der Waals surface area contributed by atoms with Crippen LogP contribution in [0.25, 0.3) is 10.8 Å². The summed E-state index contributed by atoms with van der Waals surface area (Å²) < 4.78 is 1.17. The number of hydrogen-bond donors (Lipinski definition) is 2. The standard InChI is InChI=1S/C21H20N4O3/c1-25-21(28)17-5-3-2-4-16(17)19(24-25)20(27)23-15-8-6-13(7-9-15)12-18(26)22-14-10-11-14/h2-9,14H,10-12H2,1H3,(H,22,26)(H,23,27). The molecule has 1 fully saturated rings. The first-order valence-electron chi connectivity index (χ1n) is 9.17. The number of carbonyl (C=O) groups is 2. The third kappa shape index (κ3) is 3.78. The van der Waals surface area contributed by atoms with Gasteiger partial charge in [-0.1, -0.05) is 30.3 Å². The largest absolute Gasteiger partial charge is 0.353 e. The summed E-state index contributed by atoms with van der Waals surface area (Å²) in [6, 6.07) is 14.4. The number of fused-ring (bicyclic) bond motifs is 1. The van der Waals surface area contributed by atoms with Gasteiger partial charge in [0.1, 0.15) is 0 Å². The minimum atomic E-state index is -0.397. The van der Waals surface area contributed by atoms with Crippen molar-refractivity contribution in [3.05, 3.63) is 70.1 Å². The Morgan fingerprint density at radius 3 is 2.43 bits per heavy atom. The number of amides is 2. The van der Waals surface area contributed by atoms with E-state index in [4.69, 9.17) is 0 Å². The molecule has 1 heterocycles. The Balaban J connectivity index is 1.51. The SMILES string of the molecule is Cn1nc(C(=O)Nc2ccc(CC(=O)NC3CC3)cc2)c2ccccc2c1=O. The summed E-state index contributed by atoms with van der Waals surface area (Å²) >= 11 is 0. The van der Waals surface area contributed by atoms with E-state index in [0.29, 0.717) is 28.9 Å². The van der Waals surface area contributed by atoms with Crippen LogP contribution in [-0.2, 0) is 18.3 Å². The molecular weight excluding hydrogens is 356 g/mol. The molecule has 2 aromatic carbocycles. The van der Waals surface area contributed by atoms with Crippen LogP contribution in [-0.4, -0.2) is 27.6 Å². The van der Waals surface area contributed by atoms with Crippen molar-refractivity contribution < 1.29 is 9.59 Å². The number of carbonyl (C=O) groups excluding carboxylic acids is 2. The summed E-state index contributed by atoms with van der Waals surface area (Å²) in [6.07, 6.45) is 2.44. The second-order valence-electron chi connectivity index (χ2n) is 6.99. The fourth-order valence-corrected chi connectivity index (χ4v) is 3.06. The zero-order valence-electron chi connectivity index (χ0n) is 15.4. The van der Waals surface area contributed by atoms with Crippen LogP contribution in [0.2, 0.25) is 0 Å². The fraction of sp³-hybridized carbons (Fsp3) is 0.238. The highest BCUT2D eigenvalue weighted by Crippen LogP contribution is 2.19. The van der Waals surface area contributed by atoms with Crippen molar-refractivity contribution in [3.63, 3.8) is 0 Å². The Labute approximate surface area is 161 Å². The Morgan fingerprint density at radius 2 is 1.75 bits per heavy atom. The highest BCUT2D eigenvalue weighted by Gasteiger charge is 2.23. The van der Waals surface area contributed by atoms with Crippen molar-refractivity contribution >= 4 is 28.3 Å². The first-order chi connectivity index (χ1) is 13.5. The molecule has 0 spiro atoms. The monoisotopic (exact) mass is 376 g/mol. The second kappa shape index (κ2) is 7.26. The minimum Gasteiger partial charge on any atom is -0.353 e. The molecule has 4 rings (SSSR count). The van der Waals surface area contributed by atoms with Crippen molar-refractivity contribution in [2.75, 3.05) is 5.32 Å². The second-order valence-corrected chi connectivity index (χ2v) is 6.99. The van der Waals surface area contributed by atoms with Crippen molar-refractivity contribution in [1.82, 2.24) is 15.1 Å². The molecule has 7 heteroatoms. The van der Waals surface area contributed by atoms with Crippen molar-refractivity contribution in [3.8, 4) is 0 Å². The Bertz CT molecular complexity index is 1110. The van der Waals surface area contributed by atoms with Crippen LogP contribution >= 0.6 is 0 Å². The first kappa shape index (κ1) is 17.9. The van der Waals surface area contributed by atoms with Gasteiger partial charge >= 0.3 is 0 Å². The highest BCUT2D eigenvalue weighted by atomic mass is 16.2. The quantitative estimate of drug-likeness (QED) is 0.712. The average molecular weight is 376 g/mol. The summed E-state index contributed by atoms with van der Waals surface area (Å²) in [7, 11) is 1.52. The van der Waals surface area contributed by atoms with Gasteiger partial charge in [0.05, 0.1) is 11.8 Å². The zero-order chi connectivity index (χ0) is 19.7. The molecule has 142 valence electrons. The zero-order valence-corrected chi connectivity index (χ0v) is 15.4. The van der Waals surface area contributed by atoms with Crippen LogP contribution in [0, 0.1) is 0 Å². The predicted molar refractivity (Wildman–Crippen MR) is 106 cm³/mol. The first-order valence-corrected chi connectivity index (χ1v) is 9.17. The van der Waals surface area contributed by atoms with Gasteiger partial charge in [0.15, 0.2) is 5.69 Å². The van der Waals surface area contributed by atoms with E-state index in [1.165, 1.54) is 11.7 Å². The van der Waals surface area contributed by atoms with Crippen LogP contribution in [0.15, 0.2) is 53.3 Å². The number of anilines is 1. The maximum Gasteiger partial charge on any atom is 0.276 e. The molecule has 0 bridgehead atoms. The normalized spacial score (nSPS) is 13.3. The number of hydrogen-bond acceptors (Lipinski definition) is 4. The van der Waals surface area contributed by atoms with E-state index < -0.39 is 5.91 Å². The van der Waals surface area contributed by atoms with Gasteiger partial charge < -0.3 is 10.6 Å². The maximum atomic E-state index is 12.7. The molecule has 1 aromatic heterocycles. The van der Waals surface area contributed by atoms with Crippen LogP contribution < -0.4 is 16.2 Å². The number of aromatic nitrogens is 2. The van der Waals surface area contributed by atoms with Gasteiger partial charge in [-0.3, -0.25) is 14.4 Å². The van der Waals surface area contributed by atoms with E-state index in [2.05, 4.69) is 15.7 Å². The smallest absolute Gasteiger partial charge is 0.276 e. The summed E-state index contributed by atoms with van der Waals surface area (Å²) in [4.78, 5) is 36.8. The molecule has 2 N–H and O–H groups in total. The lowest BCUT2D eigenvalue weighted by Gasteiger charge is -2.09. The van der Waals surface area contributed by atoms with Crippen molar-refractivity contribution in [2.24, 2.45) is 7.05 Å². The van der Waals surface area contributed by atoms with E-state index in [9.17, 15) is 14.4 Å². The van der Waals surface area contributed by atoms with E-state index in [1.54, 1.807) is 36.4 Å². The van der Waals surface area contributed by atoms with Crippen LogP contribution in [0.1, 0.15) is 28.9 Å². The molecule has 3 aromatic rings. The van der Waals surface area contributed by atoms with Gasteiger partial charge in [-0.15, -0.1) is 0 Å². The van der Waals surface area contributed by atoms with Crippen LogP contribution in [0.4, 0.5) is 5.69 Å². The van der Waals surface area contributed by atoms with Gasteiger partial charge in [-0.05, 0) is 36.6 Å². The molecular formula is C21H20N4O3. The maximum absolute atomic E-state index is 12.7. The molecule has 7 nitrogen and oxygen atoms in total. The lowest BCUT2D eigenvalue weighted by molar-refractivity contribution is -0.120. The highest BCUT2D eigenvalue weighted by molar-refractivity contribution is 6.11. The number of nitrogens with zero attached hydrogens (tertiary/aromatic N) is 2. The number of rotatable bonds is 5. The summed E-state index contributed by atoms with van der Waals surface area (Å²) in [5.41, 5.74) is 1.41. The fourth-order valence-electron chi connectivity index (χ4n) is 3.06. The summed E-state index contributed by atoms with van der Waals surface area (Å²) in [5, 5.41) is 10.8. The summed E-state index contributed by atoms with van der Waals surface area (Å²) in [6.45, 7) is 0. The van der Waals surface area contributed by atoms with Gasteiger partial charge in [0, 0.05) is 24.2 Å². The molecule has 1 aliphatic rings. The van der Waals surface area contributed by atoms with Crippen LogP contribution in [0.5, 0.6) is 0 Å². The Hall–Kier alpha value is -3.48. The lowest BCUT2D eigenvalue weighted by Crippen LogP contribution is -2.27. The van der Waals surface area contributed by atoms with E-state index in [0.717, 1.165) is 18.4 Å². The Kier molecular flexibility index (Phi) is 4.65. The number of benzene rings is 2. The van der Waals surface area contributed by atoms with Crippen molar-refractivity contribution in [1.29, 1.82) is 0 Å². The molecule has 1 saturated carbocycles. The molecule has 0 unspecified atom stereocenters. The molecule has 0 radical (unpaired) electrons. The van der Waals surface area contributed by atoms with E-state index in [1.807, 2.05) is 12.1 Å². The van der Waals surface area contributed by atoms with E-state index >= 15 is 0 Å². The minimum absolute atomic E-state index is 0.0140. The topological polar surface area (TPSA) is 93.1 Å². The predicted octanol–water partition coefficient (Wildman–Crippen LogP) is 2.01. The van der Waals surface area contributed by atoms with Crippen molar-refractivity contribution in [2.45, 2.75) is 25.3 Å². The molecule has 28 heavy (non-hydrogen) atoms. The Morgan fingerprint density at radius 1 is 1.07 bits per heavy atom. The number of nitrogens with one attached hydrogen (secondary N) is 2. The number of aryl methyl sites for hydroxylation is 1. The average Bonchev–Trinajstić information content (AvgIpc) is 3.50. The molecule has 0 aliphatic heterocycles. The third-order valence-corrected chi connectivity index (χ3v) is 4.69. The van der Waals surface area contributed by atoms with Gasteiger partial charge in [-0.25, -0.2) is 4.68 Å². The molecule has 0 atom stereocenters. The summed E-state index contributed by atoms with van der Waals surface area (Å²) in [5.74, 6) is -0.383. The van der Waals surface area contributed by atoms with Gasteiger partial charge in [0.2, 0.25) is 5.91 Å². The molecule has 1 aliphatic carbocycles. The van der Waals surface area contributed by atoms with E-state index in [-0.39, 0.29) is 17.2 Å². The van der Waals surface area contributed by atoms with Crippen LogP contribution in [0.3, 0.4) is 0 Å². The molecule has 2 amide bonds. The van der Waals surface area contributed by atoms with Gasteiger partial charge in [-0.2, -0.15) is 5.10 Å². The lowest BCUT2D eigenvalue weighted by atomic mass is 10.1.